The number of rotatable bonds is 7. The summed E-state index contributed by atoms with van der Waals surface area (Å²) in [6, 6.07) is 23.6. The molecule has 1 aliphatic rings. The first-order valence-corrected chi connectivity index (χ1v) is 11.7. The van der Waals surface area contributed by atoms with Crippen LogP contribution in [-0.4, -0.2) is 28.6 Å². The van der Waals surface area contributed by atoms with E-state index in [2.05, 4.69) is 21.2 Å². The molecule has 0 radical (unpaired) electrons. The number of nitrogens with zero attached hydrogens (tertiary/aromatic N) is 1. The molecule has 33 heavy (non-hydrogen) atoms. The summed E-state index contributed by atoms with van der Waals surface area (Å²) < 4.78 is 6.43. The van der Waals surface area contributed by atoms with Crippen LogP contribution in [0.25, 0.3) is 6.08 Å². The average Bonchev–Trinajstić information content (AvgIpc) is 3.07. The van der Waals surface area contributed by atoms with Gasteiger partial charge in [0, 0.05) is 10.2 Å². The highest BCUT2D eigenvalue weighted by Crippen LogP contribution is 2.34. The van der Waals surface area contributed by atoms with Gasteiger partial charge in [0.2, 0.25) is 0 Å². The number of amides is 3. The first-order valence-electron chi connectivity index (χ1n) is 10.1. The summed E-state index contributed by atoms with van der Waals surface area (Å²) in [5.41, 5.74) is 2.24. The Morgan fingerprint density at radius 1 is 1.00 bits per heavy atom. The molecule has 8 heteroatoms. The van der Waals surface area contributed by atoms with Gasteiger partial charge in [-0.25, -0.2) is 0 Å². The van der Waals surface area contributed by atoms with Crippen molar-refractivity contribution in [1.29, 1.82) is 0 Å². The maximum absolute atomic E-state index is 12.8. The van der Waals surface area contributed by atoms with E-state index >= 15 is 0 Å². The summed E-state index contributed by atoms with van der Waals surface area (Å²) in [6.07, 6.45) is 1.65. The third-order valence-electron chi connectivity index (χ3n) is 4.74. The molecule has 0 bridgehead atoms. The minimum absolute atomic E-state index is 0.152. The van der Waals surface area contributed by atoms with Crippen molar-refractivity contribution in [1.82, 2.24) is 4.90 Å². The van der Waals surface area contributed by atoms with Gasteiger partial charge >= 0.3 is 0 Å². The van der Waals surface area contributed by atoms with E-state index in [4.69, 9.17) is 4.74 Å². The van der Waals surface area contributed by atoms with Crippen LogP contribution in [0.15, 0.2) is 88.2 Å². The number of hydrogen-bond acceptors (Lipinski definition) is 5. The molecular formula is C25H19BrN2O4S. The van der Waals surface area contributed by atoms with Gasteiger partial charge < -0.3 is 10.1 Å². The Balaban J connectivity index is 1.40. The summed E-state index contributed by atoms with van der Waals surface area (Å²) in [5.74, 6) is -0.131. The van der Waals surface area contributed by atoms with Crippen molar-refractivity contribution < 1.29 is 19.1 Å². The van der Waals surface area contributed by atoms with Gasteiger partial charge in [0.1, 0.15) is 5.75 Å². The largest absolute Gasteiger partial charge is 0.484 e. The van der Waals surface area contributed by atoms with Gasteiger partial charge in [-0.1, -0.05) is 64.5 Å². The highest BCUT2D eigenvalue weighted by atomic mass is 79.9. The number of anilines is 1. The molecule has 166 valence electrons. The fourth-order valence-electron chi connectivity index (χ4n) is 3.15. The second-order valence-corrected chi connectivity index (χ2v) is 8.98. The lowest BCUT2D eigenvalue weighted by atomic mass is 10.2. The van der Waals surface area contributed by atoms with Crippen LogP contribution in [0.4, 0.5) is 10.5 Å². The zero-order valence-electron chi connectivity index (χ0n) is 17.4. The van der Waals surface area contributed by atoms with Crippen molar-refractivity contribution >= 4 is 56.5 Å². The first kappa shape index (κ1) is 22.8. The molecule has 6 nitrogen and oxygen atoms in total. The van der Waals surface area contributed by atoms with Gasteiger partial charge in [0.05, 0.1) is 11.4 Å². The predicted octanol–water partition coefficient (Wildman–Crippen LogP) is 5.70. The molecule has 0 unspecified atom stereocenters. The van der Waals surface area contributed by atoms with Crippen LogP contribution >= 0.6 is 27.7 Å². The third kappa shape index (κ3) is 5.91. The highest BCUT2D eigenvalue weighted by Gasteiger charge is 2.35. The summed E-state index contributed by atoms with van der Waals surface area (Å²) in [5, 5.41) is 2.44. The summed E-state index contributed by atoms with van der Waals surface area (Å²) in [6.45, 7) is 0.0456. The molecule has 0 saturated carbocycles. The van der Waals surface area contributed by atoms with E-state index in [9.17, 15) is 14.4 Å². The number of imide groups is 1. The molecule has 1 N–H and O–H groups in total. The van der Waals surface area contributed by atoms with E-state index < -0.39 is 0 Å². The van der Waals surface area contributed by atoms with Crippen LogP contribution in [-0.2, 0) is 16.1 Å². The van der Waals surface area contributed by atoms with E-state index in [1.54, 1.807) is 42.5 Å². The highest BCUT2D eigenvalue weighted by molar-refractivity contribution is 9.10. The zero-order chi connectivity index (χ0) is 23.2. The van der Waals surface area contributed by atoms with Crippen LogP contribution in [0.1, 0.15) is 11.1 Å². The minimum Gasteiger partial charge on any atom is -0.484 e. The number of thioether (sulfide) groups is 1. The van der Waals surface area contributed by atoms with Crippen LogP contribution in [0.2, 0.25) is 0 Å². The van der Waals surface area contributed by atoms with E-state index in [1.807, 2.05) is 42.5 Å². The summed E-state index contributed by atoms with van der Waals surface area (Å²) in [7, 11) is 0. The fraction of sp³-hybridized carbons (Fsp3) is 0.0800. The van der Waals surface area contributed by atoms with Crippen molar-refractivity contribution in [3.05, 3.63) is 99.4 Å². The lowest BCUT2D eigenvalue weighted by molar-refractivity contribution is -0.123. The van der Waals surface area contributed by atoms with Gasteiger partial charge in [-0.15, -0.1) is 0 Å². The molecule has 3 aromatic carbocycles. The second kappa shape index (κ2) is 10.5. The monoisotopic (exact) mass is 522 g/mol. The molecule has 0 aromatic heterocycles. The summed E-state index contributed by atoms with van der Waals surface area (Å²) >= 11 is 4.36. The van der Waals surface area contributed by atoms with Gasteiger partial charge in [0.15, 0.2) is 6.61 Å². The van der Waals surface area contributed by atoms with E-state index in [0.717, 1.165) is 21.8 Å². The van der Waals surface area contributed by atoms with Crippen LogP contribution in [0, 0.1) is 0 Å². The molecule has 0 aliphatic carbocycles. The van der Waals surface area contributed by atoms with Gasteiger partial charge in [-0.05, 0) is 59.3 Å². The molecule has 4 rings (SSSR count). The Bertz CT molecular complexity index is 1230. The topological polar surface area (TPSA) is 75.7 Å². The molecule has 3 aromatic rings. The Morgan fingerprint density at radius 2 is 1.76 bits per heavy atom. The van der Waals surface area contributed by atoms with Crippen LogP contribution in [0.3, 0.4) is 0 Å². The van der Waals surface area contributed by atoms with Gasteiger partial charge in [-0.2, -0.15) is 0 Å². The lowest BCUT2D eigenvalue weighted by Gasteiger charge is -2.13. The molecule has 0 spiro atoms. The van der Waals surface area contributed by atoms with Crippen molar-refractivity contribution in [3.8, 4) is 5.75 Å². The maximum Gasteiger partial charge on any atom is 0.293 e. The Morgan fingerprint density at radius 3 is 2.55 bits per heavy atom. The Kier molecular flexibility index (Phi) is 7.26. The van der Waals surface area contributed by atoms with Crippen molar-refractivity contribution in [2.75, 3.05) is 11.9 Å². The number of para-hydroxylation sites is 1. The number of hydrogen-bond donors (Lipinski definition) is 1. The molecule has 1 heterocycles. The molecule has 1 fully saturated rings. The van der Waals surface area contributed by atoms with E-state index in [-0.39, 0.29) is 30.2 Å². The molecule has 0 atom stereocenters. The smallest absolute Gasteiger partial charge is 0.293 e. The molecule has 1 saturated heterocycles. The van der Waals surface area contributed by atoms with Crippen molar-refractivity contribution in [2.45, 2.75) is 6.54 Å². The van der Waals surface area contributed by atoms with Crippen molar-refractivity contribution in [2.24, 2.45) is 0 Å². The third-order valence-corrected chi connectivity index (χ3v) is 6.42. The quantitative estimate of drug-likeness (QED) is 0.402. The number of benzene rings is 3. The number of carbonyl (C=O) groups is 3. The van der Waals surface area contributed by atoms with E-state index in [0.29, 0.717) is 21.9 Å². The Hall–Kier alpha value is -3.36. The fourth-order valence-corrected chi connectivity index (χ4v) is 4.39. The number of nitrogens with one attached hydrogen (secondary N) is 1. The SMILES string of the molecule is O=C(COc1cccc(/C=C2\SC(=O)N(Cc3ccccc3Br)C2=O)c1)Nc1ccccc1. The first-order chi connectivity index (χ1) is 16.0. The molecule has 3 amide bonds. The second-order valence-electron chi connectivity index (χ2n) is 7.13. The van der Waals surface area contributed by atoms with Crippen LogP contribution in [0.5, 0.6) is 5.75 Å². The van der Waals surface area contributed by atoms with Gasteiger partial charge in [-0.3, -0.25) is 19.3 Å². The molecule has 1 aliphatic heterocycles. The average molecular weight is 523 g/mol. The van der Waals surface area contributed by atoms with Gasteiger partial charge in [0.25, 0.3) is 17.1 Å². The number of ether oxygens (including phenoxy) is 1. The number of halogens is 1. The molecular weight excluding hydrogens is 504 g/mol. The normalized spacial score (nSPS) is 14.6. The van der Waals surface area contributed by atoms with E-state index in [1.165, 1.54) is 4.90 Å². The Labute approximate surface area is 203 Å². The standard InChI is InChI=1S/C25H19BrN2O4S/c26-21-12-5-4-8-18(21)15-28-24(30)22(33-25(28)31)14-17-7-6-11-20(13-17)32-16-23(29)27-19-9-2-1-3-10-19/h1-14H,15-16H2,(H,27,29)/b22-14-. The minimum atomic E-state index is -0.339. The maximum atomic E-state index is 12.8. The van der Waals surface area contributed by atoms with Crippen LogP contribution < -0.4 is 10.1 Å². The lowest BCUT2D eigenvalue weighted by Crippen LogP contribution is -2.27. The predicted molar refractivity (Wildman–Crippen MR) is 133 cm³/mol. The summed E-state index contributed by atoms with van der Waals surface area (Å²) in [4.78, 5) is 38.9. The number of carbonyl (C=O) groups excluding carboxylic acids is 3. The zero-order valence-corrected chi connectivity index (χ0v) is 19.8. The van der Waals surface area contributed by atoms with Crippen molar-refractivity contribution in [3.63, 3.8) is 0 Å².